The molecule has 0 radical (unpaired) electrons. The molecule has 1 aromatic carbocycles. The fourth-order valence-corrected chi connectivity index (χ4v) is 2.05. The third-order valence-electron chi connectivity index (χ3n) is 2.67. The van der Waals surface area contributed by atoms with Gasteiger partial charge < -0.3 is 5.32 Å². The van der Waals surface area contributed by atoms with Crippen LogP contribution in [-0.4, -0.2) is 18.5 Å². The van der Waals surface area contributed by atoms with Gasteiger partial charge in [0.1, 0.15) is 0 Å². The van der Waals surface area contributed by atoms with Crippen LogP contribution in [0.25, 0.3) is 0 Å². The molecule has 1 fully saturated rings. The summed E-state index contributed by atoms with van der Waals surface area (Å²) in [4.78, 5) is 23.3. The van der Waals surface area contributed by atoms with Crippen LogP contribution >= 0.6 is 23.2 Å². The van der Waals surface area contributed by atoms with Crippen LogP contribution < -0.4 is 10.6 Å². The van der Waals surface area contributed by atoms with Gasteiger partial charge in [-0.25, -0.2) is 4.79 Å². The lowest BCUT2D eigenvalue weighted by Crippen LogP contribution is -2.40. The van der Waals surface area contributed by atoms with Gasteiger partial charge >= 0.3 is 6.03 Å². The van der Waals surface area contributed by atoms with Crippen molar-refractivity contribution in [2.75, 3.05) is 6.54 Å². The minimum atomic E-state index is -0.598. The zero-order valence-electron chi connectivity index (χ0n) is 9.50. The summed E-state index contributed by atoms with van der Waals surface area (Å²) in [6.07, 6.45) is 2.26. The number of imide groups is 1. The molecule has 2 rings (SSSR count). The maximum absolute atomic E-state index is 11.8. The van der Waals surface area contributed by atoms with Crippen LogP contribution in [0.4, 0.5) is 4.79 Å². The van der Waals surface area contributed by atoms with Crippen molar-refractivity contribution in [1.29, 1.82) is 0 Å². The molecule has 1 saturated carbocycles. The molecule has 1 aliphatic rings. The van der Waals surface area contributed by atoms with Gasteiger partial charge in [-0.3, -0.25) is 10.1 Å². The largest absolute Gasteiger partial charge is 0.338 e. The predicted octanol–water partition coefficient (Wildman–Crippen LogP) is 2.84. The topological polar surface area (TPSA) is 58.2 Å². The first-order valence-electron chi connectivity index (χ1n) is 5.61. The minimum Gasteiger partial charge on any atom is -0.338 e. The summed E-state index contributed by atoms with van der Waals surface area (Å²) in [5.74, 6) is -0.0475. The van der Waals surface area contributed by atoms with Crippen LogP contribution in [0.3, 0.4) is 0 Å². The molecule has 0 bridgehead atoms. The summed E-state index contributed by atoms with van der Waals surface area (Å²) in [5, 5.41) is 5.27. The Kier molecular flexibility index (Phi) is 4.09. The number of carbonyl (C=O) groups is 2. The van der Waals surface area contributed by atoms with E-state index in [9.17, 15) is 9.59 Å². The predicted molar refractivity (Wildman–Crippen MR) is 70.1 cm³/mol. The van der Waals surface area contributed by atoms with Gasteiger partial charge in [-0.1, -0.05) is 29.3 Å². The number of benzene rings is 1. The fraction of sp³-hybridized carbons (Fsp3) is 0.333. The number of urea groups is 1. The van der Waals surface area contributed by atoms with Crippen LogP contribution in [0, 0.1) is 5.92 Å². The Bertz CT molecular complexity index is 467. The maximum atomic E-state index is 11.8. The molecule has 6 heteroatoms. The van der Waals surface area contributed by atoms with Crippen molar-refractivity contribution in [3.05, 3.63) is 33.8 Å². The second-order valence-electron chi connectivity index (χ2n) is 4.20. The lowest BCUT2D eigenvalue weighted by molar-refractivity contribution is 0.0964. The Morgan fingerprint density at radius 1 is 1.22 bits per heavy atom. The van der Waals surface area contributed by atoms with Gasteiger partial charge in [0.25, 0.3) is 5.91 Å². The molecule has 1 aliphatic carbocycles. The quantitative estimate of drug-likeness (QED) is 0.898. The molecule has 0 spiro atoms. The van der Waals surface area contributed by atoms with Crippen molar-refractivity contribution in [3.8, 4) is 0 Å². The zero-order chi connectivity index (χ0) is 13.1. The highest BCUT2D eigenvalue weighted by Gasteiger charge is 2.22. The number of amides is 3. The van der Waals surface area contributed by atoms with Crippen LogP contribution in [0.1, 0.15) is 23.2 Å². The van der Waals surface area contributed by atoms with E-state index < -0.39 is 11.9 Å². The van der Waals surface area contributed by atoms with Gasteiger partial charge in [0.15, 0.2) is 0 Å². The first-order chi connectivity index (χ1) is 8.58. The maximum Gasteiger partial charge on any atom is 0.321 e. The van der Waals surface area contributed by atoms with Gasteiger partial charge in [0.05, 0.1) is 15.6 Å². The minimum absolute atomic E-state index is 0.113. The molecule has 96 valence electrons. The average Bonchev–Trinajstić information content (AvgIpc) is 3.09. The van der Waals surface area contributed by atoms with E-state index in [1.807, 2.05) is 0 Å². The Morgan fingerprint density at radius 2 is 1.83 bits per heavy atom. The lowest BCUT2D eigenvalue weighted by Gasteiger charge is -2.08. The van der Waals surface area contributed by atoms with Gasteiger partial charge in [-0.2, -0.15) is 0 Å². The highest BCUT2D eigenvalue weighted by molar-refractivity contribution is 6.40. The Balaban J connectivity index is 1.95. The van der Waals surface area contributed by atoms with Crippen LogP contribution in [-0.2, 0) is 0 Å². The number of nitrogens with one attached hydrogen (secondary N) is 2. The molecule has 1 aromatic rings. The Labute approximate surface area is 115 Å². The smallest absolute Gasteiger partial charge is 0.321 e. The molecule has 2 N–H and O–H groups in total. The molecule has 0 aliphatic heterocycles. The third-order valence-corrected chi connectivity index (χ3v) is 3.30. The van der Waals surface area contributed by atoms with E-state index in [2.05, 4.69) is 10.6 Å². The molecule has 0 unspecified atom stereocenters. The molecular formula is C12H12Cl2N2O2. The summed E-state index contributed by atoms with van der Waals surface area (Å²) in [7, 11) is 0. The summed E-state index contributed by atoms with van der Waals surface area (Å²) in [6.45, 7) is 0.593. The summed E-state index contributed by atoms with van der Waals surface area (Å²) < 4.78 is 0. The fourth-order valence-electron chi connectivity index (χ4n) is 1.48. The van der Waals surface area contributed by atoms with E-state index >= 15 is 0 Å². The molecule has 3 amide bonds. The van der Waals surface area contributed by atoms with E-state index in [0.29, 0.717) is 12.5 Å². The SMILES string of the molecule is O=C(NCC1CC1)NC(=O)c1c(Cl)cccc1Cl. The average molecular weight is 287 g/mol. The van der Waals surface area contributed by atoms with Crippen molar-refractivity contribution in [2.24, 2.45) is 5.92 Å². The molecule has 0 saturated heterocycles. The van der Waals surface area contributed by atoms with Crippen molar-refractivity contribution >= 4 is 35.1 Å². The molecule has 0 atom stereocenters. The number of halogens is 2. The third kappa shape index (κ3) is 3.37. The van der Waals surface area contributed by atoms with Crippen LogP contribution in [0.2, 0.25) is 10.0 Å². The standard InChI is InChI=1S/C12H12Cl2N2O2/c13-8-2-1-3-9(14)10(8)11(17)16-12(18)15-6-7-4-5-7/h1-3,7H,4-6H2,(H2,15,16,17,18). The van der Waals surface area contributed by atoms with Crippen molar-refractivity contribution in [1.82, 2.24) is 10.6 Å². The van der Waals surface area contributed by atoms with E-state index in [4.69, 9.17) is 23.2 Å². The van der Waals surface area contributed by atoms with E-state index in [-0.39, 0.29) is 15.6 Å². The number of hydrogen-bond acceptors (Lipinski definition) is 2. The normalized spacial score (nSPS) is 14.1. The molecule has 0 heterocycles. The van der Waals surface area contributed by atoms with Crippen LogP contribution in [0.15, 0.2) is 18.2 Å². The van der Waals surface area contributed by atoms with Crippen molar-refractivity contribution in [3.63, 3.8) is 0 Å². The van der Waals surface area contributed by atoms with Crippen molar-refractivity contribution < 1.29 is 9.59 Å². The van der Waals surface area contributed by atoms with Gasteiger partial charge in [-0.05, 0) is 30.9 Å². The van der Waals surface area contributed by atoms with E-state index in [1.54, 1.807) is 18.2 Å². The number of hydrogen-bond donors (Lipinski definition) is 2. The first-order valence-corrected chi connectivity index (χ1v) is 6.36. The molecule has 0 aromatic heterocycles. The Hall–Kier alpha value is -1.26. The summed E-state index contributed by atoms with van der Waals surface area (Å²) in [5.41, 5.74) is 0.113. The van der Waals surface area contributed by atoms with Crippen molar-refractivity contribution in [2.45, 2.75) is 12.8 Å². The monoisotopic (exact) mass is 286 g/mol. The lowest BCUT2D eigenvalue weighted by atomic mass is 10.2. The summed E-state index contributed by atoms with van der Waals surface area (Å²) in [6, 6.07) is 4.20. The summed E-state index contributed by atoms with van der Waals surface area (Å²) >= 11 is 11.7. The van der Waals surface area contributed by atoms with Gasteiger partial charge in [0, 0.05) is 6.54 Å². The highest BCUT2D eigenvalue weighted by atomic mass is 35.5. The first kappa shape index (κ1) is 13.2. The highest BCUT2D eigenvalue weighted by Crippen LogP contribution is 2.27. The second kappa shape index (κ2) is 5.59. The Morgan fingerprint density at radius 3 is 2.39 bits per heavy atom. The zero-order valence-corrected chi connectivity index (χ0v) is 11.0. The van der Waals surface area contributed by atoms with E-state index in [0.717, 1.165) is 12.8 Å². The van der Waals surface area contributed by atoms with Gasteiger partial charge in [-0.15, -0.1) is 0 Å². The molecule has 18 heavy (non-hydrogen) atoms. The van der Waals surface area contributed by atoms with Gasteiger partial charge in [0.2, 0.25) is 0 Å². The number of carbonyl (C=O) groups excluding carboxylic acids is 2. The van der Waals surface area contributed by atoms with Crippen LogP contribution in [0.5, 0.6) is 0 Å². The molecule has 4 nitrogen and oxygen atoms in total. The number of rotatable bonds is 3. The van der Waals surface area contributed by atoms with E-state index in [1.165, 1.54) is 0 Å². The second-order valence-corrected chi connectivity index (χ2v) is 5.02. The molecular weight excluding hydrogens is 275 g/mol.